The van der Waals surface area contributed by atoms with Crippen molar-refractivity contribution in [3.8, 4) is 11.5 Å². The number of carbonyl (C=O) groups is 1. The second-order valence-corrected chi connectivity index (χ2v) is 3.98. The first-order chi connectivity index (χ1) is 8.63. The van der Waals surface area contributed by atoms with Gasteiger partial charge in [0.15, 0.2) is 11.5 Å². The number of carbonyl (C=O) groups excluding carboxylic acids is 1. The van der Waals surface area contributed by atoms with Crippen LogP contribution in [-0.4, -0.2) is 43.9 Å². The lowest BCUT2D eigenvalue weighted by molar-refractivity contribution is -0.125. The van der Waals surface area contributed by atoms with E-state index in [2.05, 4.69) is 0 Å². The average Bonchev–Trinajstić information content (AvgIpc) is 2.44. The lowest BCUT2D eigenvalue weighted by Gasteiger charge is -2.23. The second-order valence-electron chi connectivity index (χ2n) is 3.98. The Labute approximate surface area is 105 Å². The van der Waals surface area contributed by atoms with Gasteiger partial charge in [0.2, 0.25) is 0 Å². The molecule has 18 heavy (non-hydrogen) atoms. The van der Waals surface area contributed by atoms with Gasteiger partial charge < -0.3 is 25.2 Å². The number of nitrogens with two attached hydrogens (primary N) is 1. The highest BCUT2D eigenvalue weighted by Crippen LogP contribution is 2.33. The summed E-state index contributed by atoms with van der Waals surface area (Å²) in [5.41, 5.74) is 5.88. The predicted octanol–water partition coefficient (Wildman–Crippen LogP) is -0.260. The molecule has 1 aromatic rings. The van der Waals surface area contributed by atoms with Crippen molar-refractivity contribution in [1.29, 1.82) is 0 Å². The molecule has 1 aliphatic rings. The van der Waals surface area contributed by atoms with Crippen LogP contribution in [0.4, 0.5) is 5.69 Å². The number of aliphatic hydroxyl groups is 1. The first-order valence-corrected chi connectivity index (χ1v) is 5.69. The number of amides is 1. The third-order valence-electron chi connectivity index (χ3n) is 2.75. The molecule has 0 saturated heterocycles. The molecule has 98 valence electrons. The maximum Gasteiger partial charge on any atom is 0.256 e. The molecule has 0 bridgehead atoms. The molecule has 3 N–H and O–H groups in total. The zero-order chi connectivity index (χ0) is 13.1. The summed E-state index contributed by atoms with van der Waals surface area (Å²) < 4.78 is 10.8. The van der Waals surface area contributed by atoms with Crippen LogP contribution in [-0.2, 0) is 4.79 Å². The molecule has 1 amide bonds. The fraction of sp³-hybridized carbons (Fsp3) is 0.417. The van der Waals surface area contributed by atoms with E-state index in [1.165, 1.54) is 4.90 Å². The number of aliphatic hydroxyl groups excluding tert-OH is 1. The molecule has 0 aromatic heterocycles. The topological polar surface area (TPSA) is 85.0 Å². The van der Waals surface area contributed by atoms with Crippen LogP contribution >= 0.6 is 0 Å². The minimum absolute atomic E-state index is 0.103. The van der Waals surface area contributed by atoms with Crippen LogP contribution in [0.1, 0.15) is 0 Å². The van der Waals surface area contributed by atoms with Crippen LogP contribution in [0, 0.1) is 0 Å². The normalized spacial score (nSPS) is 15.1. The number of ether oxygens (including phenoxy) is 2. The Hall–Kier alpha value is -1.79. The highest BCUT2D eigenvalue weighted by Gasteiger charge is 2.21. The average molecular weight is 252 g/mol. The Morgan fingerprint density at radius 1 is 1.44 bits per heavy atom. The van der Waals surface area contributed by atoms with Gasteiger partial charge in [-0.25, -0.2) is 0 Å². The Morgan fingerprint density at radius 2 is 2.11 bits per heavy atom. The Morgan fingerprint density at radius 3 is 2.78 bits per heavy atom. The molecule has 6 heteroatoms. The quantitative estimate of drug-likeness (QED) is 0.774. The largest absolute Gasteiger partial charge is 0.486 e. The molecule has 2 rings (SSSR count). The van der Waals surface area contributed by atoms with Crippen molar-refractivity contribution < 1.29 is 19.4 Å². The van der Waals surface area contributed by atoms with E-state index < -0.39 is 12.0 Å². The first-order valence-electron chi connectivity index (χ1n) is 5.69. The van der Waals surface area contributed by atoms with E-state index in [-0.39, 0.29) is 6.54 Å². The van der Waals surface area contributed by atoms with E-state index in [0.29, 0.717) is 30.4 Å². The van der Waals surface area contributed by atoms with Crippen LogP contribution < -0.4 is 20.1 Å². The van der Waals surface area contributed by atoms with E-state index >= 15 is 0 Å². The van der Waals surface area contributed by atoms with E-state index in [9.17, 15) is 9.90 Å². The minimum atomic E-state index is -1.19. The summed E-state index contributed by atoms with van der Waals surface area (Å²) in [4.78, 5) is 13.1. The molecule has 1 atom stereocenters. The molecule has 0 fully saturated rings. The zero-order valence-corrected chi connectivity index (χ0v) is 10.1. The fourth-order valence-electron chi connectivity index (χ4n) is 1.69. The summed E-state index contributed by atoms with van der Waals surface area (Å²) >= 11 is 0. The summed E-state index contributed by atoms with van der Waals surface area (Å²) in [6, 6.07) is 5.17. The van der Waals surface area contributed by atoms with Gasteiger partial charge in [0.1, 0.15) is 19.3 Å². The van der Waals surface area contributed by atoms with E-state index in [0.717, 1.165) is 0 Å². The Bertz CT molecular complexity index is 450. The number of anilines is 1. The highest BCUT2D eigenvalue weighted by atomic mass is 16.6. The monoisotopic (exact) mass is 252 g/mol. The lowest BCUT2D eigenvalue weighted by atomic mass is 10.2. The maximum absolute atomic E-state index is 11.8. The molecule has 0 saturated carbocycles. The minimum Gasteiger partial charge on any atom is -0.486 e. The number of fused-ring (bicyclic) bond motifs is 1. The predicted molar refractivity (Wildman–Crippen MR) is 65.9 cm³/mol. The van der Waals surface area contributed by atoms with Crippen LogP contribution in [0.5, 0.6) is 11.5 Å². The molecular weight excluding hydrogens is 236 g/mol. The summed E-state index contributed by atoms with van der Waals surface area (Å²) in [6.45, 7) is 0.903. The third kappa shape index (κ3) is 2.39. The third-order valence-corrected chi connectivity index (χ3v) is 2.75. The molecule has 1 aliphatic heterocycles. The smallest absolute Gasteiger partial charge is 0.256 e. The van der Waals surface area contributed by atoms with Crippen molar-refractivity contribution >= 4 is 11.6 Å². The number of nitrogens with zero attached hydrogens (tertiary/aromatic N) is 1. The van der Waals surface area contributed by atoms with Crippen molar-refractivity contribution in [3.63, 3.8) is 0 Å². The molecule has 0 spiro atoms. The van der Waals surface area contributed by atoms with Crippen molar-refractivity contribution in [2.45, 2.75) is 6.10 Å². The van der Waals surface area contributed by atoms with Gasteiger partial charge >= 0.3 is 0 Å². The number of rotatable bonds is 3. The van der Waals surface area contributed by atoms with E-state index in [1.54, 1.807) is 25.2 Å². The van der Waals surface area contributed by atoms with Crippen LogP contribution in [0.15, 0.2) is 18.2 Å². The van der Waals surface area contributed by atoms with Gasteiger partial charge in [0.25, 0.3) is 5.91 Å². The molecule has 6 nitrogen and oxygen atoms in total. The van der Waals surface area contributed by atoms with Crippen LogP contribution in [0.2, 0.25) is 0 Å². The molecule has 0 radical (unpaired) electrons. The Balaban J connectivity index is 2.20. The second kappa shape index (κ2) is 5.24. The summed E-state index contributed by atoms with van der Waals surface area (Å²) in [6.07, 6.45) is -1.19. The summed E-state index contributed by atoms with van der Waals surface area (Å²) in [7, 11) is 1.58. The van der Waals surface area contributed by atoms with Gasteiger partial charge in [-0.1, -0.05) is 0 Å². The van der Waals surface area contributed by atoms with Gasteiger partial charge in [-0.3, -0.25) is 4.79 Å². The fourth-order valence-corrected chi connectivity index (χ4v) is 1.69. The van der Waals surface area contributed by atoms with E-state index in [4.69, 9.17) is 15.2 Å². The first kappa shape index (κ1) is 12.7. The highest BCUT2D eigenvalue weighted by molar-refractivity contribution is 5.96. The zero-order valence-electron chi connectivity index (χ0n) is 10.1. The molecule has 1 aromatic carbocycles. The standard InChI is InChI=1S/C12H16N2O4/c1-14(12(16)9(15)7-13)8-2-3-10-11(6-8)18-5-4-17-10/h2-3,6,9,15H,4-5,7,13H2,1H3. The van der Waals surface area contributed by atoms with Crippen LogP contribution in [0.3, 0.4) is 0 Å². The van der Waals surface area contributed by atoms with Crippen molar-refractivity contribution in [3.05, 3.63) is 18.2 Å². The molecule has 1 unspecified atom stereocenters. The molecule has 0 aliphatic carbocycles. The number of hydrogen-bond donors (Lipinski definition) is 2. The van der Waals surface area contributed by atoms with Gasteiger partial charge in [0, 0.05) is 25.3 Å². The Kier molecular flexibility index (Phi) is 3.69. The summed E-state index contributed by atoms with van der Waals surface area (Å²) in [5.74, 6) is 0.806. The van der Waals surface area contributed by atoms with Crippen molar-refractivity contribution in [2.24, 2.45) is 5.73 Å². The van der Waals surface area contributed by atoms with Gasteiger partial charge in [-0.05, 0) is 12.1 Å². The number of benzene rings is 1. The van der Waals surface area contributed by atoms with Crippen molar-refractivity contribution in [2.75, 3.05) is 31.7 Å². The maximum atomic E-state index is 11.8. The van der Waals surface area contributed by atoms with Gasteiger partial charge in [0.05, 0.1) is 0 Å². The SMILES string of the molecule is CN(C(=O)C(O)CN)c1ccc2c(c1)OCCO2. The van der Waals surface area contributed by atoms with Crippen molar-refractivity contribution in [1.82, 2.24) is 0 Å². The van der Waals surface area contributed by atoms with Crippen LogP contribution in [0.25, 0.3) is 0 Å². The lowest BCUT2D eigenvalue weighted by Crippen LogP contribution is -2.40. The van der Waals surface area contributed by atoms with Gasteiger partial charge in [-0.2, -0.15) is 0 Å². The number of hydrogen-bond acceptors (Lipinski definition) is 5. The number of likely N-dealkylation sites (N-methyl/N-ethyl adjacent to an activating group) is 1. The van der Waals surface area contributed by atoms with Gasteiger partial charge in [-0.15, -0.1) is 0 Å². The summed E-state index contributed by atoms with van der Waals surface area (Å²) in [5, 5.41) is 9.42. The molecular formula is C12H16N2O4. The molecule has 1 heterocycles. The van der Waals surface area contributed by atoms with E-state index in [1.807, 2.05) is 0 Å².